The summed E-state index contributed by atoms with van der Waals surface area (Å²) in [4.78, 5) is 40.4. The number of rotatable bonds is 5. The molecule has 9 nitrogen and oxygen atoms in total. The van der Waals surface area contributed by atoms with Crippen molar-refractivity contribution in [3.63, 3.8) is 0 Å². The molecule has 1 aliphatic rings. The summed E-state index contributed by atoms with van der Waals surface area (Å²) in [6.45, 7) is 0.688. The van der Waals surface area contributed by atoms with Gasteiger partial charge in [-0.3, -0.25) is 14.4 Å². The lowest BCUT2D eigenvalue weighted by Gasteiger charge is -2.35. The van der Waals surface area contributed by atoms with E-state index in [0.717, 1.165) is 10.7 Å². The number of amides is 3. The number of piperazine rings is 1. The van der Waals surface area contributed by atoms with Crippen LogP contribution in [0.25, 0.3) is 5.69 Å². The number of hydrogen-bond donors (Lipinski definition) is 1. The number of nitrogens with one attached hydrogen (secondary N) is 1. The maximum Gasteiger partial charge on any atom is 0.273 e. The average molecular weight is 489 g/mol. The first-order chi connectivity index (χ1) is 16.3. The highest BCUT2D eigenvalue weighted by Gasteiger charge is 2.26. The van der Waals surface area contributed by atoms with E-state index in [9.17, 15) is 23.2 Å². The van der Waals surface area contributed by atoms with E-state index in [-0.39, 0.29) is 60.6 Å². The van der Waals surface area contributed by atoms with Crippen molar-refractivity contribution in [3.05, 3.63) is 76.6 Å². The third-order valence-corrected chi connectivity index (χ3v) is 5.63. The molecule has 0 radical (unpaired) electrons. The van der Waals surface area contributed by atoms with Gasteiger partial charge in [0.2, 0.25) is 5.91 Å². The Morgan fingerprint density at radius 2 is 1.71 bits per heavy atom. The fraction of sp³-hybridized carbons (Fsp3) is 0.227. The van der Waals surface area contributed by atoms with Gasteiger partial charge in [-0.05, 0) is 30.3 Å². The molecule has 1 N–H and O–H groups in total. The van der Waals surface area contributed by atoms with Crippen molar-refractivity contribution in [2.24, 2.45) is 0 Å². The van der Waals surface area contributed by atoms with E-state index in [0.29, 0.717) is 0 Å². The molecule has 0 saturated carbocycles. The van der Waals surface area contributed by atoms with Crippen LogP contribution in [0.4, 0.5) is 8.78 Å². The summed E-state index contributed by atoms with van der Waals surface area (Å²) in [5.74, 6) is -2.47. The van der Waals surface area contributed by atoms with E-state index < -0.39 is 23.4 Å². The van der Waals surface area contributed by atoms with Crippen LogP contribution >= 0.6 is 11.6 Å². The Labute approximate surface area is 197 Å². The van der Waals surface area contributed by atoms with Gasteiger partial charge in [0.15, 0.2) is 5.69 Å². The van der Waals surface area contributed by atoms with Crippen LogP contribution in [0.15, 0.2) is 48.7 Å². The summed E-state index contributed by atoms with van der Waals surface area (Å²) in [6.07, 6.45) is 1.26. The third-order valence-electron chi connectivity index (χ3n) is 5.30. The molecule has 0 atom stereocenters. The van der Waals surface area contributed by atoms with Gasteiger partial charge in [0, 0.05) is 26.2 Å². The molecule has 1 saturated heterocycles. The second kappa shape index (κ2) is 9.96. The van der Waals surface area contributed by atoms with Gasteiger partial charge in [-0.15, -0.1) is 5.10 Å². The fourth-order valence-corrected chi connectivity index (χ4v) is 3.67. The summed E-state index contributed by atoms with van der Waals surface area (Å²) in [5.41, 5.74) is 0.132. The minimum atomic E-state index is -0.634. The number of carbonyl (C=O) groups is 3. The molecule has 1 fully saturated rings. The van der Waals surface area contributed by atoms with Crippen molar-refractivity contribution in [2.75, 3.05) is 32.7 Å². The largest absolute Gasteiger partial charge is 0.342 e. The molecule has 4 rings (SSSR count). The van der Waals surface area contributed by atoms with E-state index in [4.69, 9.17) is 11.6 Å². The molecule has 3 amide bonds. The van der Waals surface area contributed by atoms with Crippen LogP contribution in [0.2, 0.25) is 5.02 Å². The smallest absolute Gasteiger partial charge is 0.273 e. The van der Waals surface area contributed by atoms with Gasteiger partial charge < -0.3 is 15.1 Å². The minimum Gasteiger partial charge on any atom is -0.342 e. The monoisotopic (exact) mass is 488 g/mol. The van der Waals surface area contributed by atoms with Crippen molar-refractivity contribution in [2.45, 2.75) is 0 Å². The van der Waals surface area contributed by atoms with E-state index in [1.807, 2.05) is 0 Å². The molecular formula is C22H19ClF2N6O3. The molecule has 0 spiro atoms. The SMILES string of the molecule is O=C(NCC(=O)N1CCN(C(=O)c2cc(F)ccc2Cl)CC1)c1cn(-c2ccccc2F)nn1. The van der Waals surface area contributed by atoms with Gasteiger partial charge in [0.1, 0.15) is 17.3 Å². The van der Waals surface area contributed by atoms with Crippen LogP contribution in [0, 0.1) is 11.6 Å². The molecule has 12 heteroatoms. The Morgan fingerprint density at radius 1 is 1.00 bits per heavy atom. The molecule has 0 unspecified atom stereocenters. The zero-order valence-corrected chi connectivity index (χ0v) is 18.5. The van der Waals surface area contributed by atoms with Crippen molar-refractivity contribution in [3.8, 4) is 5.69 Å². The van der Waals surface area contributed by atoms with Gasteiger partial charge in [0.25, 0.3) is 11.8 Å². The highest BCUT2D eigenvalue weighted by atomic mass is 35.5. The van der Waals surface area contributed by atoms with Crippen LogP contribution in [-0.4, -0.2) is 75.2 Å². The van der Waals surface area contributed by atoms with Gasteiger partial charge >= 0.3 is 0 Å². The Hall–Kier alpha value is -3.86. The van der Waals surface area contributed by atoms with E-state index in [1.165, 1.54) is 46.3 Å². The molecule has 34 heavy (non-hydrogen) atoms. The van der Waals surface area contributed by atoms with Crippen LogP contribution in [0.5, 0.6) is 0 Å². The van der Waals surface area contributed by atoms with Gasteiger partial charge in [-0.2, -0.15) is 0 Å². The molecule has 0 aliphatic carbocycles. The van der Waals surface area contributed by atoms with Crippen LogP contribution in [-0.2, 0) is 4.79 Å². The van der Waals surface area contributed by atoms with Crippen LogP contribution in [0.3, 0.4) is 0 Å². The van der Waals surface area contributed by atoms with Crippen LogP contribution in [0.1, 0.15) is 20.8 Å². The average Bonchev–Trinajstić information content (AvgIpc) is 3.34. The highest BCUT2D eigenvalue weighted by Crippen LogP contribution is 2.20. The zero-order chi connectivity index (χ0) is 24.2. The molecule has 1 aliphatic heterocycles. The Balaban J connectivity index is 1.28. The predicted octanol–water partition coefficient (Wildman–Crippen LogP) is 1.91. The molecule has 176 valence electrons. The standard InChI is InChI=1S/C22H19ClF2N6O3/c23-16-6-5-14(24)11-15(16)22(34)30-9-7-29(8-10-30)20(32)12-26-21(33)18-13-31(28-27-18)19-4-2-1-3-17(19)25/h1-6,11,13H,7-10,12H2,(H,26,33). The first-order valence-corrected chi connectivity index (χ1v) is 10.7. The third kappa shape index (κ3) is 5.04. The Morgan fingerprint density at radius 3 is 2.44 bits per heavy atom. The Bertz CT molecular complexity index is 1240. The zero-order valence-electron chi connectivity index (χ0n) is 17.7. The van der Waals surface area contributed by atoms with E-state index in [1.54, 1.807) is 6.07 Å². The number of carbonyl (C=O) groups excluding carboxylic acids is 3. The maximum absolute atomic E-state index is 13.9. The molecular weight excluding hydrogens is 470 g/mol. The molecule has 3 aromatic rings. The van der Waals surface area contributed by atoms with E-state index >= 15 is 0 Å². The first kappa shape index (κ1) is 23.3. The minimum absolute atomic E-state index is 0.0668. The fourth-order valence-electron chi connectivity index (χ4n) is 3.47. The highest BCUT2D eigenvalue weighted by molar-refractivity contribution is 6.33. The summed E-state index contributed by atoms with van der Waals surface area (Å²) >= 11 is 6.01. The Kier molecular flexibility index (Phi) is 6.82. The summed E-state index contributed by atoms with van der Waals surface area (Å²) < 4.78 is 28.5. The van der Waals surface area contributed by atoms with E-state index in [2.05, 4.69) is 15.6 Å². The van der Waals surface area contributed by atoms with Crippen molar-refractivity contribution < 1.29 is 23.2 Å². The number of hydrogen-bond acceptors (Lipinski definition) is 5. The predicted molar refractivity (Wildman–Crippen MR) is 118 cm³/mol. The van der Waals surface area contributed by atoms with Gasteiger partial charge in [0.05, 0.1) is 23.3 Å². The van der Waals surface area contributed by atoms with Gasteiger partial charge in [-0.25, -0.2) is 13.5 Å². The molecule has 1 aromatic heterocycles. The number of nitrogens with zero attached hydrogens (tertiary/aromatic N) is 5. The number of halogens is 3. The second-order valence-electron chi connectivity index (χ2n) is 7.48. The molecule has 2 aromatic carbocycles. The molecule has 0 bridgehead atoms. The maximum atomic E-state index is 13.9. The number of benzene rings is 2. The lowest BCUT2D eigenvalue weighted by molar-refractivity contribution is -0.131. The van der Waals surface area contributed by atoms with Crippen LogP contribution < -0.4 is 5.32 Å². The van der Waals surface area contributed by atoms with Crippen molar-refractivity contribution in [1.29, 1.82) is 0 Å². The molecule has 2 heterocycles. The first-order valence-electron chi connectivity index (χ1n) is 10.3. The summed E-state index contributed by atoms with van der Waals surface area (Å²) in [5, 5.41) is 10.1. The number of para-hydroxylation sites is 1. The quantitative estimate of drug-likeness (QED) is 0.591. The van der Waals surface area contributed by atoms with Gasteiger partial charge in [-0.1, -0.05) is 28.9 Å². The van der Waals surface area contributed by atoms with Crippen molar-refractivity contribution in [1.82, 2.24) is 30.1 Å². The lowest BCUT2D eigenvalue weighted by Crippen LogP contribution is -2.52. The number of aromatic nitrogens is 3. The van der Waals surface area contributed by atoms with Crippen molar-refractivity contribution >= 4 is 29.3 Å². The topological polar surface area (TPSA) is 100 Å². The summed E-state index contributed by atoms with van der Waals surface area (Å²) in [7, 11) is 0. The summed E-state index contributed by atoms with van der Waals surface area (Å²) in [6, 6.07) is 9.48. The second-order valence-corrected chi connectivity index (χ2v) is 7.89. The lowest BCUT2D eigenvalue weighted by atomic mass is 10.1. The normalized spacial score (nSPS) is 13.6.